The van der Waals surface area contributed by atoms with E-state index in [0.29, 0.717) is 60.1 Å². The quantitative estimate of drug-likeness (QED) is 0.282. The lowest BCUT2D eigenvalue weighted by Crippen LogP contribution is -2.34. The van der Waals surface area contributed by atoms with Gasteiger partial charge in [0.15, 0.2) is 0 Å². The molecule has 41 heavy (non-hydrogen) atoms. The summed E-state index contributed by atoms with van der Waals surface area (Å²) < 4.78 is 66.1. The van der Waals surface area contributed by atoms with Gasteiger partial charge in [-0.15, -0.1) is 0 Å². The van der Waals surface area contributed by atoms with Crippen molar-refractivity contribution in [3.05, 3.63) is 71.9 Å². The number of carbonyl (C=O) groups excluding carboxylic acids is 1. The van der Waals surface area contributed by atoms with Crippen molar-refractivity contribution in [2.45, 2.75) is 24.3 Å². The van der Waals surface area contributed by atoms with E-state index in [1.807, 2.05) is 12.1 Å². The fraction of sp³-hybridized carbons (Fsp3) is 0.250. The number of halogens is 2. The number of nitrogens with zero attached hydrogens (tertiary/aromatic N) is 2. The Labute approximate surface area is 235 Å². The van der Waals surface area contributed by atoms with E-state index in [2.05, 4.69) is 20.0 Å². The molecule has 1 amide bonds. The minimum atomic E-state index is -4.44. The van der Waals surface area contributed by atoms with Gasteiger partial charge in [-0.1, -0.05) is 6.07 Å². The van der Waals surface area contributed by atoms with Crippen molar-refractivity contribution >= 4 is 38.3 Å². The van der Waals surface area contributed by atoms with E-state index in [9.17, 15) is 22.0 Å². The molecule has 214 valence electrons. The molecule has 0 saturated carbocycles. The van der Waals surface area contributed by atoms with Gasteiger partial charge in [0.2, 0.25) is 11.8 Å². The van der Waals surface area contributed by atoms with E-state index >= 15 is 0 Å². The third-order valence-corrected chi connectivity index (χ3v) is 8.18. The molecule has 10 nitrogen and oxygen atoms in total. The molecular formula is C28H27F2N5O5S. The highest BCUT2D eigenvalue weighted by Gasteiger charge is 2.23. The number of nitrogen functional groups attached to an aromatic ring is 1. The van der Waals surface area contributed by atoms with Crippen LogP contribution in [0, 0.1) is 17.6 Å². The molecule has 3 heterocycles. The van der Waals surface area contributed by atoms with Crippen molar-refractivity contribution in [1.82, 2.24) is 15.3 Å². The second kappa shape index (κ2) is 11.6. The van der Waals surface area contributed by atoms with Crippen LogP contribution in [0.25, 0.3) is 22.0 Å². The molecule has 2 aromatic heterocycles. The molecule has 5 rings (SSSR count). The second-order valence-corrected chi connectivity index (χ2v) is 11.2. The van der Waals surface area contributed by atoms with Crippen LogP contribution in [0.3, 0.4) is 0 Å². The van der Waals surface area contributed by atoms with Gasteiger partial charge in [0.05, 0.1) is 12.6 Å². The number of benzene rings is 2. The SMILES string of the molecule is COc1ncc(-c2ccc3nc(N)c(CNC(=O)C4CCOCC4)cc3c2)cc1NS(=O)(=O)c1ccc(F)cc1F. The number of amides is 1. The van der Waals surface area contributed by atoms with Crippen molar-refractivity contribution in [3.63, 3.8) is 0 Å². The molecule has 1 aliphatic heterocycles. The summed E-state index contributed by atoms with van der Waals surface area (Å²) in [5, 5.41) is 3.67. The van der Waals surface area contributed by atoms with Crippen molar-refractivity contribution in [2.24, 2.45) is 5.92 Å². The molecule has 0 bridgehead atoms. The van der Waals surface area contributed by atoms with Crippen molar-refractivity contribution in [1.29, 1.82) is 0 Å². The highest BCUT2D eigenvalue weighted by Crippen LogP contribution is 2.32. The van der Waals surface area contributed by atoms with Crippen LogP contribution in [0.15, 0.2) is 59.6 Å². The van der Waals surface area contributed by atoms with E-state index in [-0.39, 0.29) is 29.9 Å². The monoisotopic (exact) mass is 583 g/mol. The summed E-state index contributed by atoms with van der Waals surface area (Å²) in [5.41, 5.74) is 8.59. The number of nitrogens with two attached hydrogens (primary N) is 1. The third-order valence-electron chi connectivity index (χ3n) is 6.78. The summed E-state index contributed by atoms with van der Waals surface area (Å²) in [4.78, 5) is 20.5. The van der Waals surface area contributed by atoms with Gasteiger partial charge in [-0.3, -0.25) is 9.52 Å². The summed E-state index contributed by atoms with van der Waals surface area (Å²) in [6, 6.07) is 10.9. The molecule has 4 N–H and O–H groups in total. The number of hydrogen-bond acceptors (Lipinski definition) is 8. The van der Waals surface area contributed by atoms with Gasteiger partial charge in [-0.05, 0) is 54.8 Å². The number of rotatable bonds is 8. The lowest BCUT2D eigenvalue weighted by molar-refractivity contribution is -0.128. The Hall–Kier alpha value is -4.36. The molecule has 0 unspecified atom stereocenters. The number of sulfonamides is 1. The molecule has 0 aliphatic carbocycles. The lowest BCUT2D eigenvalue weighted by atomic mass is 9.99. The second-order valence-electron chi connectivity index (χ2n) is 9.51. The van der Waals surface area contributed by atoms with E-state index in [4.69, 9.17) is 15.2 Å². The first kappa shape index (κ1) is 28.2. The molecule has 0 radical (unpaired) electrons. The fourth-order valence-corrected chi connectivity index (χ4v) is 5.69. The molecule has 13 heteroatoms. The van der Waals surface area contributed by atoms with E-state index in [1.165, 1.54) is 19.4 Å². The van der Waals surface area contributed by atoms with Crippen molar-refractivity contribution in [2.75, 3.05) is 30.8 Å². The molecule has 2 aromatic carbocycles. The normalized spacial score (nSPS) is 14.1. The first-order chi connectivity index (χ1) is 19.6. The first-order valence-corrected chi connectivity index (χ1v) is 14.2. The smallest absolute Gasteiger partial charge is 0.264 e. The van der Waals surface area contributed by atoms with Gasteiger partial charge >= 0.3 is 0 Å². The Balaban J connectivity index is 1.42. The summed E-state index contributed by atoms with van der Waals surface area (Å²) >= 11 is 0. The zero-order chi connectivity index (χ0) is 29.1. The average molecular weight is 584 g/mol. The molecule has 0 atom stereocenters. The number of aromatic nitrogens is 2. The van der Waals surface area contributed by atoms with Crippen LogP contribution < -0.4 is 20.5 Å². The molecule has 1 saturated heterocycles. The Morgan fingerprint density at radius 1 is 1.10 bits per heavy atom. The molecular weight excluding hydrogens is 556 g/mol. The predicted molar refractivity (Wildman–Crippen MR) is 148 cm³/mol. The van der Waals surface area contributed by atoms with Crippen molar-refractivity contribution < 1.29 is 31.5 Å². The maximum Gasteiger partial charge on any atom is 0.264 e. The van der Waals surface area contributed by atoms with Crippen LogP contribution in [0.4, 0.5) is 20.3 Å². The fourth-order valence-electron chi connectivity index (χ4n) is 4.58. The summed E-state index contributed by atoms with van der Waals surface area (Å²) in [5.74, 6) is -2.03. The largest absolute Gasteiger partial charge is 0.480 e. The van der Waals surface area contributed by atoms with Crippen LogP contribution in [0.1, 0.15) is 18.4 Å². The van der Waals surface area contributed by atoms with Gasteiger partial charge in [0.1, 0.15) is 28.0 Å². The Morgan fingerprint density at radius 2 is 1.88 bits per heavy atom. The number of pyridine rings is 2. The third kappa shape index (κ3) is 6.20. The van der Waals surface area contributed by atoms with E-state index < -0.39 is 26.6 Å². The maximum atomic E-state index is 14.2. The first-order valence-electron chi connectivity index (χ1n) is 12.7. The number of anilines is 2. The van der Waals surface area contributed by atoms with Crippen molar-refractivity contribution in [3.8, 4) is 17.0 Å². The topological polar surface area (TPSA) is 146 Å². The average Bonchev–Trinajstić information content (AvgIpc) is 2.95. The van der Waals surface area contributed by atoms with Gasteiger partial charge in [0.25, 0.3) is 10.0 Å². The van der Waals surface area contributed by atoms with Gasteiger partial charge < -0.3 is 20.5 Å². The number of nitrogens with one attached hydrogen (secondary N) is 2. The number of ether oxygens (including phenoxy) is 2. The van der Waals surface area contributed by atoms with Crippen LogP contribution in [-0.2, 0) is 26.1 Å². The zero-order valence-corrected chi connectivity index (χ0v) is 22.8. The summed E-state index contributed by atoms with van der Waals surface area (Å²) in [6.45, 7) is 1.34. The lowest BCUT2D eigenvalue weighted by Gasteiger charge is -2.21. The number of methoxy groups -OCH3 is 1. The van der Waals surface area contributed by atoms with Crippen LogP contribution in [0.5, 0.6) is 5.88 Å². The minimum Gasteiger partial charge on any atom is -0.480 e. The highest BCUT2D eigenvalue weighted by atomic mass is 32.2. The van der Waals surface area contributed by atoms with Crippen LogP contribution >= 0.6 is 0 Å². The predicted octanol–water partition coefficient (Wildman–Crippen LogP) is 4.01. The number of carbonyl (C=O) groups is 1. The van der Waals surface area contributed by atoms with E-state index in [0.717, 1.165) is 17.5 Å². The molecule has 4 aromatic rings. The Bertz CT molecular complexity index is 1730. The minimum absolute atomic E-state index is 0.0410. The van der Waals surface area contributed by atoms with Gasteiger partial charge in [0, 0.05) is 54.5 Å². The highest BCUT2D eigenvalue weighted by molar-refractivity contribution is 7.92. The molecule has 1 fully saturated rings. The maximum absolute atomic E-state index is 14.2. The standard InChI is InChI=1S/C28H27F2N5O5S/c1-39-28-24(35-41(37,38)25-5-3-21(29)13-22(25)30)12-19(14-33-28)17-2-4-23-18(10-17)11-20(26(31)34-23)15-32-27(36)16-6-8-40-9-7-16/h2-5,10-14,16,35H,6-9,15H2,1H3,(H2,31,34)(H,32,36). The molecule has 0 spiro atoms. The number of hydrogen-bond donors (Lipinski definition) is 3. The van der Waals surface area contributed by atoms with Crippen LogP contribution in [0.2, 0.25) is 0 Å². The van der Waals surface area contributed by atoms with Gasteiger partial charge in [-0.25, -0.2) is 27.2 Å². The van der Waals surface area contributed by atoms with E-state index in [1.54, 1.807) is 12.1 Å². The zero-order valence-electron chi connectivity index (χ0n) is 22.0. The summed E-state index contributed by atoms with van der Waals surface area (Å²) in [7, 11) is -3.12. The Morgan fingerprint density at radius 3 is 2.61 bits per heavy atom. The number of fused-ring (bicyclic) bond motifs is 1. The summed E-state index contributed by atoms with van der Waals surface area (Å²) in [6.07, 6.45) is 2.84. The van der Waals surface area contributed by atoms with Gasteiger partial charge in [-0.2, -0.15) is 0 Å². The molecule has 1 aliphatic rings. The Kier molecular flexibility index (Phi) is 7.99. The van der Waals surface area contributed by atoms with Crippen LogP contribution in [-0.4, -0.2) is 44.6 Å².